The minimum absolute atomic E-state index is 0.0139. The van der Waals surface area contributed by atoms with Gasteiger partial charge in [0.15, 0.2) is 0 Å². The third-order valence-corrected chi connectivity index (χ3v) is 1.06. The summed E-state index contributed by atoms with van der Waals surface area (Å²) < 4.78 is 5.15. The van der Waals surface area contributed by atoms with E-state index >= 15 is 0 Å². The Morgan fingerprint density at radius 2 is 2.25 bits per heavy atom. The van der Waals surface area contributed by atoms with Crippen LogP contribution in [-0.2, 0) is 0 Å². The summed E-state index contributed by atoms with van der Waals surface area (Å²) in [5.41, 5.74) is 0. The molecule has 1 nitrogen and oxygen atoms in total. The predicted octanol–water partition coefficient (Wildman–Crippen LogP) is 0.00250. The van der Waals surface area contributed by atoms with Crippen LogP contribution in [0.25, 0.3) is 0 Å². The topological polar surface area (TPSA) is 26.0 Å². The van der Waals surface area contributed by atoms with Crippen LogP contribution in [0.5, 0.6) is 0 Å². The van der Waals surface area contributed by atoms with Gasteiger partial charge in [0.05, 0.1) is 0 Å². The van der Waals surface area contributed by atoms with E-state index in [0.717, 1.165) is 0 Å². The van der Waals surface area contributed by atoms with Gasteiger partial charge in [-0.1, -0.05) is 0 Å². The third kappa shape index (κ3) is 2.50. The Kier molecular flexibility index (Phi) is 3.94. The van der Waals surface area contributed by atoms with Crippen molar-refractivity contribution in [2.24, 2.45) is 4.69 Å². The quantitative estimate of drug-likeness (QED) is 0.481. The van der Waals surface area contributed by atoms with E-state index in [9.17, 15) is 0 Å². The zero-order chi connectivity index (χ0) is 3.41. The molecule has 0 aromatic carbocycles. The Morgan fingerprint density at radius 3 is 2.25 bits per heavy atom. The summed E-state index contributed by atoms with van der Waals surface area (Å²) in [7, 11) is 0. The molecular weight excluding hydrogens is 111 g/mol. The number of hydrogen-bond acceptors (Lipinski definition) is 1. The summed E-state index contributed by atoms with van der Waals surface area (Å²) >= 11 is 0.0139. The van der Waals surface area contributed by atoms with Gasteiger partial charge in [-0.2, -0.15) is 0 Å². The fraction of sp³-hybridized carbons (Fsp3) is 1.00. The van der Waals surface area contributed by atoms with Gasteiger partial charge in [-0.3, -0.25) is 0 Å². The van der Waals surface area contributed by atoms with Crippen LogP contribution < -0.4 is 4.69 Å². The monoisotopic (exact) mass is 119 g/mol. The first-order valence-electron chi connectivity index (χ1n) is 1.35. The van der Waals surface area contributed by atoms with Crippen LogP contribution >= 0.6 is 0 Å². The fourth-order valence-corrected chi connectivity index (χ4v) is 0. The molecule has 0 aliphatic heterocycles. The molecule has 4 heavy (non-hydrogen) atoms. The normalized spacial score (nSPS) is 7.50. The van der Waals surface area contributed by atoms with Gasteiger partial charge in [-0.05, 0) is 0 Å². The van der Waals surface area contributed by atoms with Crippen LogP contribution in [0.1, 0.15) is 6.92 Å². The Hall–Kier alpha value is 0.503. The maximum absolute atomic E-state index is 5.15. The maximum atomic E-state index is 5.15. The first kappa shape index (κ1) is 4.50. The molecule has 0 saturated heterocycles. The second-order valence-corrected chi connectivity index (χ2v) is 2.90. The van der Waals surface area contributed by atoms with Crippen molar-refractivity contribution in [3.63, 3.8) is 0 Å². The molecule has 0 aliphatic carbocycles. The fourth-order valence-electron chi connectivity index (χ4n) is 0. The Labute approximate surface area is 33.3 Å². The van der Waals surface area contributed by atoms with E-state index in [0.29, 0.717) is 0 Å². The third-order valence-electron chi connectivity index (χ3n) is 0.204. The van der Waals surface area contributed by atoms with Gasteiger partial charge >= 0.3 is 32.5 Å². The summed E-state index contributed by atoms with van der Waals surface area (Å²) in [5, 5.41) is 1.22. The van der Waals surface area contributed by atoms with Crippen LogP contribution in [0, 0.1) is 0 Å². The molecule has 2 heteroatoms. The second-order valence-electron chi connectivity index (χ2n) is 0.558. The predicted molar refractivity (Wildman–Crippen MR) is 20.4 cm³/mol. The molecule has 0 bridgehead atoms. The van der Waals surface area contributed by atoms with Crippen molar-refractivity contribution in [1.29, 1.82) is 0 Å². The van der Waals surface area contributed by atoms with E-state index in [1.54, 1.807) is 0 Å². The first-order valence-corrected chi connectivity index (χ1v) is 4.04. The van der Waals surface area contributed by atoms with Crippen LogP contribution in [0.15, 0.2) is 0 Å². The average molecular weight is 118 g/mol. The van der Waals surface area contributed by atoms with Gasteiger partial charge in [0.2, 0.25) is 0 Å². The number of hydrogen-bond donors (Lipinski definition) is 1. The summed E-state index contributed by atoms with van der Waals surface area (Å²) in [4.78, 5) is 0. The molecule has 0 amide bonds. The molecule has 0 atom stereocenters. The van der Waals surface area contributed by atoms with Crippen LogP contribution in [-0.4, -0.2) is 15.7 Å². The van der Waals surface area contributed by atoms with Gasteiger partial charge in [0.25, 0.3) is 0 Å². The van der Waals surface area contributed by atoms with Crippen molar-refractivity contribution in [3.05, 3.63) is 0 Å². The molecule has 24 valence electrons. The van der Waals surface area contributed by atoms with E-state index in [1.807, 2.05) is 0 Å². The molecular formula is C2H7GeN. The number of rotatable bonds is 1. The Morgan fingerprint density at radius 1 is 2.00 bits per heavy atom. The summed E-state index contributed by atoms with van der Waals surface area (Å²) in [5.74, 6) is 0. The molecule has 0 saturated carbocycles. The second kappa shape index (κ2) is 3.50. The molecule has 2 N–H and O–H groups in total. The molecule has 0 fully saturated rings. The van der Waals surface area contributed by atoms with E-state index < -0.39 is 0 Å². The molecule has 0 unspecified atom stereocenters. The van der Waals surface area contributed by atoms with E-state index in [2.05, 4.69) is 6.92 Å². The van der Waals surface area contributed by atoms with Crippen molar-refractivity contribution < 1.29 is 0 Å². The van der Waals surface area contributed by atoms with Gasteiger partial charge < -0.3 is 0 Å². The SMILES string of the molecule is C[CH2][Ge][NH2]. The summed E-state index contributed by atoms with van der Waals surface area (Å²) in [6, 6.07) is 0. The van der Waals surface area contributed by atoms with Crippen molar-refractivity contribution in [2.45, 2.75) is 12.2 Å². The molecule has 0 rings (SSSR count). The van der Waals surface area contributed by atoms with Crippen molar-refractivity contribution in [3.8, 4) is 0 Å². The molecule has 0 aromatic rings. The molecule has 0 heterocycles. The molecule has 0 spiro atoms. The summed E-state index contributed by atoms with van der Waals surface area (Å²) in [6.07, 6.45) is 0. The van der Waals surface area contributed by atoms with Crippen molar-refractivity contribution >= 4 is 15.7 Å². The Balaban J connectivity index is 1.97. The zero-order valence-corrected chi connectivity index (χ0v) is 4.88. The Bertz CT molecular complexity index is 8.00. The van der Waals surface area contributed by atoms with Gasteiger partial charge in [0, 0.05) is 0 Å². The first-order chi connectivity index (χ1) is 1.91. The minimum atomic E-state index is 0.0139. The molecule has 0 aliphatic rings. The molecule has 2 radical (unpaired) electrons. The van der Waals surface area contributed by atoms with Crippen LogP contribution in [0.4, 0.5) is 0 Å². The average Bonchev–Trinajstić information content (AvgIpc) is 1.37. The van der Waals surface area contributed by atoms with E-state index in [-0.39, 0.29) is 15.7 Å². The molecule has 0 aromatic heterocycles. The van der Waals surface area contributed by atoms with Gasteiger partial charge in [-0.25, -0.2) is 0 Å². The van der Waals surface area contributed by atoms with E-state index in [1.165, 1.54) is 5.25 Å². The van der Waals surface area contributed by atoms with Gasteiger partial charge in [0.1, 0.15) is 0 Å². The van der Waals surface area contributed by atoms with Crippen molar-refractivity contribution in [1.82, 2.24) is 0 Å². The zero-order valence-electron chi connectivity index (χ0n) is 2.78. The summed E-state index contributed by atoms with van der Waals surface area (Å²) in [6.45, 7) is 2.11. The van der Waals surface area contributed by atoms with Crippen LogP contribution in [0.2, 0.25) is 5.25 Å². The van der Waals surface area contributed by atoms with Crippen molar-refractivity contribution in [2.75, 3.05) is 0 Å². The number of nitrogens with two attached hydrogens (primary N) is 1. The standard InChI is InChI=1S/C2H7GeN/c1-2-3-4/h2,4H2,1H3. The van der Waals surface area contributed by atoms with Gasteiger partial charge in [-0.15, -0.1) is 0 Å². The van der Waals surface area contributed by atoms with Crippen LogP contribution in [0.3, 0.4) is 0 Å². The van der Waals surface area contributed by atoms with E-state index in [4.69, 9.17) is 4.69 Å².